The van der Waals surface area contributed by atoms with Crippen molar-refractivity contribution in [3.05, 3.63) is 69.0 Å². The summed E-state index contributed by atoms with van der Waals surface area (Å²) >= 11 is 0. The van der Waals surface area contributed by atoms with Crippen molar-refractivity contribution in [3.63, 3.8) is 0 Å². The van der Waals surface area contributed by atoms with E-state index < -0.39 is 28.3 Å². The first-order valence-electron chi connectivity index (χ1n) is 8.19. The molecule has 0 aliphatic rings. The number of alkyl halides is 3. The molecular weight excluding hydrogens is 377 g/mol. The van der Waals surface area contributed by atoms with Crippen molar-refractivity contribution in [1.29, 1.82) is 0 Å². The molecule has 1 heterocycles. The summed E-state index contributed by atoms with van der Waals surface area (Å²) < 4.78 is 43.8. The minimum absolute atomic E-state index is 0.144. The van der Waals surface area contributed by atoms with Crippen LogP contribution in [0.5, 0.6) is 0 Å². The summed E-state index contributed by atoms with van der Waals surface area (Å²) in [5, 5.41) is 14.2. The molecule has 2 aromatic carbocycles. The molecule has 3 rings (SSSR count). The maximum Gasteiger partial charge on any atom is 0.416 e. The number of nitrogens with zero attached hydrogens (tertiary/aromatic N) is 1. The molecule has 0 saturated carbocycles. The molecule has 6 nitrogen and oxygen atoms in total. The number of hydrogen-bond donors (Lipinski definition) is 1. The highest BCUT2D eigenvalue weighted by Gasteiger charge is 2.33. The van der Waals surface area contributed by atoms with Gasteiger partial charge in [-0.2, -0.15) is 13.2 Å². The summed E-state index contributed by atoms with van der Waals surface area (Å²) in [4.78, 5) is 22.5. The molecule has 0 aliphatic carbocycles. The monoisotopic (exact) mass is 392 g/mol. The Bertz CT molecular complexity index is 1090. The van der Waals surface area contributed by atoms with Crippen LogP contribution < -0.4 is 5.32 Å². The summed E-state index contributed by atoms with van der Waals surface area (Å²) in [5.41, 5.74) is 0.808. The molecule has 146 valence electrons. The van der Waals surface area contributed by atoms with E-state index in [2.05, 4.69) is 5.32 Å². The minimum Gasteiger partial charge on any atom is -0.464 e. The van der Waals surface area contributed by atoms with Gasteiger partial charge in [-0.1, -0.05) is 6.07 Å². The molecule has 0 aliphatic heterocycles. The number of carbonyl (C=O) groups is 1. The summed E-state index contributed by atoms with van der Waals surface area (Å²) in [7, 11) is 0. The van der Waals surface area contributed by atoms with E-state index in [0.717, 1.165) is 22.6 Å². The third-order valence-electron chi connectivity index (χ3n) is 4.24. The van der Waals surface area contributed by atoms with Gasteiger partial charge in [0.1, 0.15) is 11.3 Å². The molecule has 0 saturated heterocycles. The summed E-state index contributed by atoms with van der Waals surface area (Å²) in [6.45, 7) is 3.78. The average Bonchev–Trinajstić information content (AvgIpc) is 2.96. The Balaban J connectivity index is 1.87. The van der Waals surface area contributed by atoms with Gasteiger partial charge in [0.05, 0.1) is 23.2 Å². The Morgan fingerprint density at radius 2 is 1.93 bits per heavy atom. The van der Waals surface area contributed by atoms with E-state index >= 15 is 0 Å². The molecule has 0 atom stereocenters. The number of nitrogens with one attached hydrogen (secondary N) is 1. The molecule has 1 N–H and O–H groups in total. The number of amides is 1. The van der Waals surface area contributed by atoms with Crippen LogP contribution in [0.3, 0.4) is 0 Å². The van der Waals surface area contributed by atoms with E-state index in [1.165, 1.54) is 6.26 Å². The maximum absolute atomic E-state index is 12.8. The normalized spacial score (nSPS) is 11.6. The molecule has 0 fully saturated rings. The van der Waals surface area contributed by atoms with Gasteiger partial charge in [0, 0.05) is 17.0 Å². The summed E-state index contributed by atoms with van der Waals surface area (Å²) in [5.74, 6) is -0.606. The molecule has 0 spiro atoms. The SMILES string of the molecule is Cc1cc(C)c2c(CC(=O)Nc3ccc(C(F)(F)F)cc3[N+](=O)[O-])coc2c1. The Hall–Kier alpha value is -3.36. The quantitative estimate of drug-likeness (QED) is 0.491. The van der Waals surface area contributed by atoms with Crippen molar-refractivity contribution < 1.29 is 27.3 Å². The van der Waals surface area contributed by atoms with Gasteiger partial charge in [0.15, 0.2) is 0 Å². The number of benzene rings is 2. The highest BCUT2D eigenvalue weighted by molar-refractivity contribution is 5.97. The largest absolute Gasteiger partial charge is 0.464 e. The third kappa shape index (κ3) is 3.83. The predicted octanol–water partition coefficient (Wildman–Crippen LogP) is 5.16. The van der Waals surface area contributed by atoms with Crippen LogP contribution in [0.1, 0.15) is 22.3 Å². The van der Waals surface area contributed by atoms with Crippen molar-refractivity contribution in [2.24, 2.45) is 0 Å². The molecule has 1 aromatic heterocycles. The number of aryl methyl sites for hydroxylation is 2. The van der Waals surface area contributed by atoms with Crippen LogP contribution in [-0.4, -0.2) is 10.8 Å². The lowest BCUT2D eigenvalue weighted by molar-refractivity contribution is -0.384. The van der Waals surface area contributed by atoms with E-state index in [4.69, 9.17) is 4.42 Å². The lowest BCUT2D eigenvalue weighted by Crippen LogP contribution is -2.16. The van der Waals surface area contributed by atoms with Crippen LogP contribution in [0.4, 0.5) is 24.5 Å². The van der Waals surface area contributed by atoms with Crippen molar-refractivity contribution in [2.75, 3.05) is 5.32 Å². The molecular formula is C19H15F3N2O4. The van der Waals surface area contributed by atoms with E-state index in [0.29, 0.717) is 23.3 Å². The highest BCUT2D eigenvalue weighted by Crippen LogP contribution is 2.35. The molecule has 9 heteroatoms. The van der Waals surface area contributed by atoms with Crippen molar-refractivity contribution in [3.8, 4) is 0 Å². The first kappa shape index (κ1) is 19.4. The van der Waals surface area contributed by atoms with Crippen molar-refractivity contribution >= 4 is 28.3 Å². The van der Waals surface area contributed by atoms with Crippen LogP contribution in [0.2, 0.25) is 0 Å². The smallest absolute Gasteiger partial charge is 0.416 e. The second kappa shape index (κ2) is 6.99. The summed E-state index contributed by atoms with van der Waals surface area (Å²) in [6, 6.07) is 5.71. The second-order valence-corrected chi connectivity index (χ2v) is 6.43. The first-order chi connectivity index (χ1) is 13.1. The Labute approximate surface area is 157 Å². The summed E-state index contributed by atoms with van der Waals surface area (Å²) in [6.07, 6.45) is -3.44. The maximum atomic E-state index is 12.8. The fraction of sp³-hybridized carbons (Fsp3) is 0.211. The van der Waals surface area contributed by atoms with Gasteiger partial charge in [-0.05, 0) is 43.2 Å². The van der Waals surface area contributed by atoms with Crippen LogP contribution in [0.25, 0.3) is 11.0 Å². The van der Waals surface area contributed by atoms with Gasteiger partial charge >= 0.3 is 6.18 Å². The molecule has 28 heavy (non-hydrogen) atoms. The molecule has 0 radical (unpaired) electrons. The van der Waals surface area contributed by atoms with Gasteiger partial charge in [-0.3, -0.25) is 14.9 Å². The zero-order valence-corrected chi connectivity index (χ0v) is 14.9. The Morgan fingerprint density at radius 1 is 1.21 bits per heavy atom. The van der Waals surface area contributed by atoms with E-state index in [1.807, 2.05) is 26.0 Å². The van der Waals surface area contributed by atoms with Crippen molar-refractivity contribution in [2.45, 2.75) is 26.4 Å². The molecule has 0 unspecified atom stereocenters. The van der Waals surface area contributed by atoms with Gasteiger partial charge < -0.3 is 9.73 Å². The van der Waals surface area contributed by atoms with Gasteiger partial charge in [0.25, 0.3) is 5.69 Å². The lowest BCUT2D eigenvalue weighted by atomic mass is 10.0. The number of furan rings is 1. The zero-order chi connectivity index (χ0) is 20.6. The first-order valence-corrected chi connectivity index (χ1v) is 8.19. The molecule has 0 bridgehead atoms. The average molecular weight is 392 g/mol. The lowest BCUT2D eigenvalue weighted by Gasteiger charge is -2.10. The topological polar surface area (TPSA) is 85.4 Å². The van der Waals surface area contributed by atoms with Gasteiger partial charge in [-0.25, -0.2) is 0 Å². The van der Waals surface area contributed by atoms with Crippen LogP contribution in [-0.2, 0) is 17.4 Å². The minimum atomic E-state index is -4.72. The van der Waals surface area contributed by atoms with Gasteiger partial charge in [0.2, 0.25) is 5.91 Å². The van der Waals surface area contributed by atoms with Crippen LogP contribution in [0.15, 0.2) is 41.0 Å². The highest BCUT2D eigenvalue weighted by atomic mass is 19.4. The number of rotatable bonds is 4. The molecule has 3 aromatic rings. The standard InChI is InChI=1S/C19H15F3N2O4/c1-10-5-11(2)18-12(9-28-16(18)6-10)7-17(25)23-14-4-3-13(19(20,21)22)8-15(14)24(26)27/h3-6,8-9H,7H2,1-2H3,(H,23,25). The van der Waals surface area contributed by atoms with Crippen LogP contribution >= 0.6 is 0 Å². The number of hydrogen-bond acceptors (Lipinski definition) is 4. The van der Waals surface area contributed by atoms with Crippen molar-refractivity contribution in [1.82, 2.24) is 0 Å². The van der Waals surface area contributed by atoms with E-state index in [9.17, 15) is 28.1 Å². The third-order valence-corrected chi connectivity index (χ3v) is 4.24. The number of halogens is 3. The van der Waals surface area contributed by atoms with Crippen LogP contribution in [0, 0.1) is 24.0 Å². The Morgan fingerprint density at radius 3 is 2.57 bits per heavy atom. The number of carbonyl (C=O) groups excluding carboxylic acids is 1. The molecule has 1 amide bonds. The fourth-order valence-electron chi connectivity index (χ4n) is 3.09. The Kier molecular flexibility index (Phi) is 4.84. The number of anilines is 1. The van der Waals surface area contributed by atoms with Gasteiger partial charge in [-0.15, -0.1) is 0 Å². The number of nitro groups is 1. The number of fused-ring (bicyclic) bond motifs is 1. The predicted molar refractivity (Wildman–Crippen MR) is 96.1 cm³/mol. The fourth-order valence-corrected chi connectivity index (χ4v) is 3.09. The second-order valence-electron chi connectivity index (χ2n) is 6.43. The zero-order valence-electron chi connectivity index (χ0n) is 14.9. The van der Waals surface area contributed by atoms with E-state index in [-0.39, 0.29) is 12.1 Å². The number of nitro benzene ring substituents is 1. The van der Waals surface area contributed by atoms with E-state index in [1.54, 1.807) is 0 Å².